The van der Waals surface area contributed by atoms with Gasteiger partial charge in [0, 0.05) is 28.0 Å². The summed E-state index contributed by atoms with van der Waals surface area (Å²) in [5.74, 6) is -0.848. The lowest BCUT2D eigenvalue weighted by Gasteiger charge is -2.35. The summed E-state index contributed by atoms with van der Waals surface area (Å²) in [6.45, 7) is 5.22. The maximum Gasteiger partial charge on any atom is 0.244 e. The number of sulfonamides is 1. The van der Waals surface area contributed by atoms with Gasteiger partial charge in [0.05, 0.1) is 11.9 Å². The van der Waals surface area contributed by atoms with Crippen LogP contribution in [0.4, 0.5) is 5.69 Å². The van der Waals surface area contributed by atoms with Gasteiger partial charge >= 0.3 is 0 Å². The Morgan fingerprint density at radius 2 is 1.59 bits per heavy atom. The molecule has 0 fully saturated rings. The van der Waals surface area contributed by atoms with E-state index in [2.05, 4.69) is 21.2 Å². The van der Waals surface area contributed by atoms with E-state index in [4.69, 9.17) is 11.6 Å². The number of nitrogens with zero attached hydrogens (tertiary/aromatic N) is 2. The summed E-state index contributed by atoms with van der Waals surface area (Å²) < 4.78 is 27.5. The fourth-order valence-corrected chi connectivity index (χ4v) is 5.33. The second-order valence-corrected chi connectivity index (χ2v) is 13.6. The van der Waals surface area contributed by atoms with Crippen LogP contribution in [0.3, 0.4) is 0 Å². The van der Waals surface area contributed by atoms with Gasteiger partial charge in [0.15, 0.2) is 0 Å². The molecule has 39 heavy (non-hydrogen) atoms. The zero-order valence-corrected chi connectivity index (χ0v) is 25.6. The minimum atomic E-state index is -3.85. The van der Waals surface area contributed by atoms with Crippen LogP contribution in [0.1, 0.15) is 31.9 Å². The van der Waals surface area contributed by atoms with Crippen molar-refractivity contribution in [2.75, 3.05) is 17.1 Å². The molecular weight excluding hydrogens is 602 g/mol. The molecule has 3 aromatic carbocycles. The number of hydrogen-bond donors (Lipinski definition) is 1. The van der Waals surface area contributed by atoms with Gasteiger partial charge in [-0.15, -0.1) is 0 Å². The van der Waals surface area contributed by atoms with E-state index in [-0.39, 0.29) is 24.6 Å². The summed E-state index contributed by atoms with van der Waals surface area (Å²) in [5.41, 5.74) is 1.38. The minimum absolute atomic E-state index is 0.105. The number of rotatable bonds is 10. The molecule has 0 radical (unpaired) electrons. The Morgan fingerprint density at radius 1 is 0.949 bits per heavy atom. The minimum Gasteiger partial charge on any atom is -0.350 e. The van der Waals surface area contributed by atoms with Crippen LogP contribution in [0.25, 0.3) is 0 Å². The molecule has 0 aliphatic carbocycles. The van der Waals surface area contributed by atoms with Crippen molar-refractivity contribution in [1.82, 2.24) is 10.2 Å². The van der Waals surface area contributed by atoms with Crippen molar-refractivity contribution in [3.63, 3.8) is 0 Å². The van der Waals surface area contributed by atoms with Gasteiger partial charge in [0.25, 0.3) is 0 Å². The Kier molecular flexibility index (Phi) is 10.2. The first-order chi connectivity index (χ1) is 18.2. The van der Waals surface area contributed by atoms with Gasteiger partial charge in [-0.25, -0.2) is 8.42 Å². The second kappa shape index (κ2) is 13.0. The van der Waals surface area contributed by atoms with Crippen LogP contribution in [0.2, 0.25) is 5.02 Å². The molecule has 0 spiro atoms. The molecule has 1 unspecified atom stereocenters. The molecule has 1 N–H and O–H groups in total. The smallest absolute Gasteiger partial charge is 0.244 e. The lowest BCUT2D eigenvalue weighted by Crippen LogP contribution is -2.56. The average molecular weight is 635 g/mol. The number of anilines is 1. The Hall–Kier alpha value is -2.88. The Bertz CT molecular complexity index is 1390. The predicted molar refractivity (Wildman–Crippen MR) is 160 cm³/mol. The lowest BCUT2D eigenvalue weighted by atomic mass is 10.0. The van der Waals surface area contributed by atoms with E-state index in [0.29, 0.717) is 5.02 Å². The Balaban J connectivity index is 2.07. The van der Waals surface area contributed by atoms with E-state index in [1.54, 1.807) is 18.2 Å². The highest BCUT2D eigenvalue weighted by Crippen LogP contribution is 2.23. The van der Waals surface area contributed by atoms with Gasteiger partial charge in [0.1, 0.15) is 12.6 Å². The zero-order valence-electron chi connectivity index (χ0n) is 22.4. The van der Waals surface area contributed by atoms with E-state index in [9.17, 15) is 18.0 Å². The highest BCUT2D eigenvalue weighted by Gasteiger charge is 2.34. The molecule has 10 heteroatoms. The first-order valence-corrected chi connectivity index (χ1v) is 15.4. The lowest BCUT2D eigenvalue weighted by molar-refractivity contribution is -0.140. The van der Waals surface area contributed by atoms with Crippen molar-refractivity contribution in [1.29, 1.82) is 0 Å². The van der Waals surface area contributed by atoms with E-state index in [1.807, 2.05) is 75.4 Å². The molecule has 1 atom stereocenters. The van der Waals surface area contributed by atoms with E-state index < -0.39 is 34.1 Å². The van der Waals surface area contributed by atoms with Crippen LogP contribution in [-0.4, -0.2) is 49.5 Å². The summed E-state index contributed by atoms with van der Waals surface area (Å²) in [6.07, 6.45) is 1.29. The third-order valence-corrected chi connectivity index (χ3v) is 7.72. The van der Waals surface area contributed by atoms with Crippen molar-refractivity contribution in [3.8, 4) is 0 Å². The van der Waals surface area contributed by atoms with Crippen LogP contribution in [0.5, 0.6) is 0 Å². The molecule has 0 aliphatic rings. The van der Waals surface area contributed by atoms with Crippen molar-refractivity contribution < 1.29 is 18.0 Å². The second-order valence-electron chi connectivity index (χ2n) is 10.3. The molecule has 7 nitrogen and oxygen atoms in total. The fourth-order valence-electron chi connectivity index (χ4n) is 4.04. The standard InChI is InChI=1S/C29H33BrClN3O4S/c1-29(2,3)32-28(36)26(17-21-9-6-5-7-10-21)33(19-22-13-15-23(30)16-14-22)27(35)20-34(39(4,37)38)25-12-8-11-24(31)18-25/h5-16,18,26H,17,19-20H2,1-4H3,(H,32,36). The van der Waals surface area contributed by atoms with Crippen LogP contribution < -0.4 is 9.62 Å². The number of hydrogen-bond acceptors (Lipinski definition) is 4. The highest BCUT2D eigenvalue weighted by atomic mass is 79.9. The third-order valence-electron chi connectivity index (χ3n) is 5.81. The quantitative estimate of drug-likeness (QED) is 0.323. The normalized spacial score (nSPS) is 12.5. The monoisotopic (exact) mass is 633 g/mol. The number of amides is 2. The third kappa shape index (κ3) is 9.37. The first kappa shape index (κ1) is 30.7. The molecule has 0 bridgehead atoms. The van der Waals surface area contributed by atoms with Gasteiger partial charge in [-0.05, 0) is 62.2 Å². The molecule has 0 saturated carbocycles. The van der Waals surface area contributed by atoms with E-state index >= 15 is 0 Å². The van der Waals surface area contributed by atoms with Gasteiger partial charge < -0.3 is 10.2 Å². The summed E-state index contributed by atoms with van der Waals surface area (Å²) in [6, 6.07) is 22.3. The van der Waals surface area contributed by atoms with Gasteiger partial charge in [-0.2, -0.15) is 0 Å². The van der Waals surface area contributed by atoms with Crippen molar-refractivity contribution in [3.05, 3.63) is 99.5 Å². The molecule has 2 amide bonds. The van der Waals surface area contributed by atoms with Gasteiger partial charge in [0.2, 0.25) is 21.8 Å². The maximum atomic E-state index is 14.0. The van der Waals surface area contributed by atoms with Crippen molar-refractivity contribution in [2.24, 2.45) is 0 Å². The molecule has 0 aliphatic heterocycles. The fraction of sp³-hybridized carbons (Fsp3) is 0.310. The summed E-state index contributed by atoms with van der Waals surface area (Å²) in [7, 11) is -3.85. The molecule has 3 rings (SSSR count). The van der Waals surface area contributed by atoms with Gasteiger partial charge in [-0.1, -0.05) is 76.1 Å². The summed E-state index contributed by atoms with van der Waals surface area (Å²) in [4.78, 5) is 29.2. The molecular formula is C29H33BrClN3O4S. The molecule has 3 aromatic rings. The predicted octanol–water partition coefficient (Wildman–Crippen LogP) is 5.42. The average Bonchev–Trinajstić information content (AvgIpc) is 2.84. The SMILES string of the molecule is CC(C)(C)NC(=O)C(Cc1ccccc1)N(Cc1ccc(Br)cc1)C(=O)CN(c1cccc(Cl)c1)S(C)(=O)=O. The first-order valence-electron chi connectivity index (χ1n) is 12.4. The number of carbonyl (C=O) groups excluding carboxylic acids is 2. The summed E-state index contributed by atoms with van der Waals surface area (Å²) >= 11 is 9.56. The summed E-state index contributed by atoms with van der Waals surface area (Å²) in [5, 5.41) is 3.34. The number of benzene rings is 3. The molecule has 0 aromatic heterocycles. The van der Waals surface area contributed by atoms with E-state index in [1.165, 1.54) is 11.0 Å². The largest absolute Gasteiger partial charge is 0.350 e. The highest BCUT2D eigenvalue weighted by molar-refractivity contribution is 9.10. The van der Waals surface area contributed by atoms with Gasteiger partial charge in [-0.3, -0.25) is 13.9 Å². The number of nitrogens with one attached hydrogen (secondary N) is 1. The van der Waals surface area contributed by atoms with Crippen LogP contribution in [0.15, 0.2) is 83.3 Å². The topological polar surface area (TPSA) is 86.8 Å². The van der Waals surface area contributed by atoms with Crippen LogP contribution in [-0.2, 0) is 32.6 Å². The van der Waals surface area contributed by atoms with Crippen LogP contribution >= 0.6 is 27.5 Å². The zero-order chi connectivity index (χ0) is 28.8. The maximum absolute atomic E-state index is 14.0. The Labute approximate surface area is 244 Å². The van der Waals surface area contributed by atoms with Crippen molar-refractivity contribution >= 4 is 55.1 Å². The number of halogens is 2. The number of carbonyl (C=O) groups is 2. The van der Waals surface area contributed by atoms with Crippen molar-refractivity contribution in [2.45, 2.75) is 45.3 Å². The molecule has 0 heterocycles. The van der Waals surface area contributed by atoms with E-state index in [0.717, 1.165) is 26.2 Å². The van der Waals surface area contributed by atoms with Crippen LogP contribution in [0, 0.1) is 0 Å². The molecule has 0 saturated heterocycles. The Morgan fingerprint density at radius 3 is 2.15 bits per heavy atom. The molecule has 208 valence electrons.